The molecule has 1 heterocycles. The van der Waals surface area contributed by atoms with Crippen LogP contribution in [0.1, 0.15) is 18.5 Å². The van der Waals surface area contributed by atoms with Crippen LogP contribution in [0.4, 0.5) is 10.1 Å². The molecule has 2 aromatic rings. The van der Waals surface area contributed by atoms with Crippen LogP contribution in [-0.2, 0) is 9.59 Å². The van der Waals surface area contributed by atoms with Crippen LogP contribution in [0, 0.1) is 5.82 Å². The number of benzene rings is 2. The third kappa shape index (κ3) is 2.87. The summed E-state index contributed by atoms with van der Waals surface area (Å²) in [6.45, 7) is 1.28. The van der Waals surface area contributed by atoms with Gasteiger partial charge in [0.15, 0.2) is 11.5 Å². The van der Waals surface area contributed by atoms with Crippen molar-refractivity contribution >= 4 is 17.4 Å². The lowest BCUT2D eigenvalue weighted by Crippen LogP contribution is -2.30. The lowest BCUT2D eigenvalue weighted by atomic mass is 9.96. The molecule has 1 atom stereocenters. The molecule has 6 heteroatoms. The topological polar surface area (TPSA) is 66.8 Å². The van der Waals surface area contributed by atoms with E-state index in [1.54, 1.807) is 24.3 Å². The Kier molecular flexibility index (Phi) is 4.27. The molecule has 0 aromatic heterocycles. The van der Waals surface area contributed by atoms with Crippen LogP contribution in [0.25, 0.3) is 0 Å². The third-order valence-electron chi connectivity index (χ3n) is 4.10. The van der Waals surface area contributed by atoms with E-state index in [9.17, 15) is 19.1 Å². The molecule has 0 saturated carbocycles. The van der Waals surface area contributed by atoms with Gasteiger partial charge in [0.25, 0.3) is 5.91 Å². The smallest absolute Gasteiger partial charge is 0.294 e. The molecule has 1 aliphatic rings. The Morgan fingerprint density at radius 2 is 1.88 bits per heavy atom. The van der Waals surface area contributed by atoms with Gasteiger partial charge in [-0.3, -0.25) is 14.5 Å². The molecule has 0 radical (unpaired) electrons. The van der Waals surface area contributed by atoms with E-state index in [-0.39, 0.29) is 5.57 Å². The first-order chi connectivity index (χ1) is 11.9. The zero-order chi connectivity index (χ0) is 18.1. The van der Waals surface area contributed by atoms with Crippen LogP contribution >= 0.6 is 0 Å². The summed E-state index contributed by atoms with van der Waals surface area (Å²) in [6, 6.07) is 11.4. The van der Waals surface area contributed by atoms with Crippen LogP contribution in [0.2, 0.25) is 0 Å². The van der Waals surface area contributed by atoms with Crippen molar-refractivity contribution in [3.8, 4) is 5.75 Å². The number of carbonyl (C=O) groups excluding carboxylic acids is 2. The molecule has 5 nitrogen and oxygen atoms in total. The Morgan fingerprint density at radius 1 is 1.20 bits per heavy atom. The number of aliphatic hydroxyl groups is 1. The highest BCUT2D eigenvalue weighted by molar-refractivity contribution is 6.16. The Bertz CT molecular complexity index is 873. The van der Waals surface area contributed by atoms with Gasteiger partial charge in [0, 0.05) is 11.8 Å². The van der Waals surface area contributed by atoms with Crippen LogP contribution in [0.3, 0.4) is 0 Å². The molecular formula is C19H16FNO4. The number of anilines is 1. The third-order valence-corrected chi connectivity index (χ3v) is 4.10. The van der Waals surface area contributed by atoms with Crippen molar-refractivity contribution in [2.45, 2.75) is 13.0 Å². The normalized spacial score (nSPS) is 17.2. The second kappa shape index (κ2) is 6.39. The number of methoxy groups -OCH3 is 1. The quantitative estimate of drug-likeness (QED) is 0.926. The standard InChI is InChI=1S/C19H16FNO4/c1-11(22)16-17(12-6-8-13(20)9-7-12)21(19(24)18(16)23)14-4-3-5-15(10-14)25-2/h3-10,17,23H,1-2H3/t17-/m0/s1. The van der Waals surface area contributed by atoms with E-state index >= 15 is 0 Å². The zero-order valence-electron chi connectivity index (χ0n) is 13.7. The summed E-state index contributed by atoms with van der Waals surface area (Å²) in [5, 5.41) is 10.2. The number of aliphatic hydroxyl groups excluding tert-OH is 1. The summed E-state index contributed by atoms with van der Waals surface area (Å²) in [6.07, 6.45) is 0. The highest BCUT2D eigenvalue weighted by Gasteiger charge is 2.43. The average Bonchev–Trinajstić information content (AvgIpc) is 2.87. The molecule has 128 valence electrons. The molecule has 3 rings (SSSR count). The highest BCUT2D eigenvalue weighted by Crippen LogP contribution is 2.41. The van der Waals surface area contributed by atoms with Gasteiger partial charge in [-0.05, 0) is 36.8 Å². The van der Waals surface area contributed by atoms with Crippen molar-refractivity contribution < 1.29 is 23.8 Å². The SMILES string of the molecule is COc1cccc(N2C(=O)C(O)=C(C(C)=O)[C@@H]2c2ccc(F)cc2)c1. The maximum absolute atomic E-state index is 13.3. The minimum Gasteiger partial charge on any atom is -0.503 e. The van der Waals surface area contributed by atoms with Crippen LogP contribution in [0.5, 0.6) is 5.75 Å². The predicted octanol–water partition coefficient (Wildman–Crippen LogP) is 3.32. The molecule has 2 aromatic carbocycles. The first-order valence-corrected chi connectivity index (χ1v) is 7.61. The fourth-order valence-corrected chi connectivity index (χ4v) is 2.95. The number of carbonyl (C=O) groups is 2. The zero-order valence-corrected chi connectivity index (χ0v) is 13.7. The summed E-state index contributed by atoms with van der Waals surface area (Å²) in [4.78, 5) is 26.0. The Balaban J connectivity index is 2.17. The van der Waals surface area contributed by atoms with Gasteiger partial charge < -0.3 is 9.84 Å². The molecule has 1 aliphatic heterocycles. The molecule has 0 aliphatic carbocycles. The molecule has 1 amide bonds. The average molecular weight is 341 g/mol. The van der Waals surface area contributed by atoms with Gasteiger partial charge in [-0.2, -0.15) is 0 Å². The van der Waals surface area contributed by atoms with Crippen LogP contribution < -0.4 is 9.64 Å². The van der Waals surface area contributed by atoms with Crippen molar-refractivity contribution in [1.82, 2.24) is 0 Å². The first-order valence-electron chi connectivity index (χ1n) is 7.61. The van der Waals surface area contributed by atoms with Gasteiger partial charge in [0.2, 0.25) is 0 Å². The summed E-state index contributed by atoms with van der Waals surface area (Å²) in [7, 11) is 1.50. The number of hydrogen-bond donors (Lipinski definition) is 1. The predicted molar refractivity (Wildman–Crippen MR) is 90.0 cm³/mol. The van der Waals surface area contributed by atoms with E-state index in [4.69, 9.17) is 4.74 Å². The highest BCUT2D eigenvalue weighted by atomic mass is 19.1. The second-order valence-electron chi connectivity index (χ2n) is 5.65. The van der Waals surface area contributed by atoms with Gasteiger partial charge in [-0.25, -0.2) is 4.39 Å². The lowest BCUT2D eigenvalue weighted by Gasteiger charge is -2.27. The largest absolute Gasteiger partial charge is 0.503 e. The number of Topliss-reactive ketones (excluding diaryl/α,β-unsaturated/α-hetero) is 1. The van der Waals surface area contributed by atoms with Gasteiger partial charge in [0.05, 0.1) is 18.7 Å². The van der Waals surface area contributed by atoms with E-state index in [1.165, 1.54) is 43.2 Å². The van der Waals surface area contributed by atoms with E-state index in [0.29, 0.717) is 17.0 Å². The van der Waals surface area contributed by atoms with E-state index in [1.807, 2.05) is 0 Å². The van der Waals surface area contributed by atoms with Gasteiger partial charge in [-0.15, -0.1) is 0 Å². The molecule has 0 bridgehead atoms. The molecule has 0 spiro atoms. The second-order valence-corrected chi connectivity index (χ2v) is 5.65. The fraction of sp³-hybridized carbons (Fsp3) is 0.158. The van der Waals surface area contributed by atoms with Crippen molar-refractivity contribution in [3.05, 3.63) is 71.2 Å². The minimum absolute atomic E-state index is 0.0144. The molecule has 25 heavy (non-hydrogen) atoms. The van der Waals surface area contributed by atoms with Gasteiger partial charge in [0.1, 0.15) is 11.6 Å². The van der Waals surface area contributed by atoms with Crippen molar-refractivity contribution in [2.75, 3.05) is 12.0 Å². The number of rotatable bonds is 4. The van der Waals surface area contributed by atoms with Gasteiger partial charge >= 0.3 is 0 Å². The number of ketones is 1. The van der Waals surface area contributed by atoms with E-state index in [2.05, 4.69) is 0 Å². The van der Waals surface area contributed by atoms with E-state index in [0.717, 1.165) is 0 Å². The summed E-state index contributed by atoms with van der Waals surface area (Å²) in [5.74, 6) is -1.61. The Morgan fingerprint density at radius 3 is 2.48 bits per heavy atom. The molecular weight excluding hydrogens is 325 g/mol. The maximum Gasteiger partial charge on any atom is 0.294 e. The van der Waals surface area contributed by atoms with Crippen LogP contribution in [-0.4, -0.2) is 23.9 Å². The number of ether oxygens (including phenoxy) is 1. The first kappa shape index (κ1) is 16.7. The molecule has 0 saturated heterocycles. The fourth-order valence-electron chi connectivity index (χ4n) is 2.95. The maximum atomic E-state index is 13.3. The molecule has 1 N–H and O–H groups in total. The monoisotopic (exact) mass is 341 g/mol. The summed E-state index contributed by atoms with van der Waals surface area (Å²) < 4.78 is 18.5. The number of amides is 1. The Hall–Kier alpha value is -3.15. The van der Waals surface area contributed by atoms with Crippen molar-refractivity contribution in [1.29, 1.82) is 0 Å². The minimum atomic E-state index is -0.835. The number of hydrogen-bond acceptors (Lipinski definition) is 4. The molecule has 0 fully saturated rings. The van der Waals surface area contributed by atoms with Crippen LogP contribution in [0.15, 0.2) is 59.9 Å². The molecule has 0 unspecified atom stereocenters. The van der Waals surface area contributed by atoms with Crippen molar-refractivity contribution in [3.63, 3.8) is 0 Å². The lowest BCUT2D eigenvalue weighted by molar-refractivity contribution is -0.117. The Labute approximate surface area is 144 Å². The van der Waals surface area contributed by atoms with E-state index < -0.39 is 29.3 Å². The van der Waals surface area contributed by atoms with Gasteiger partial charge in [-0.1, -0.05) is 18.2 Å². The summed E-state index contributed by atoms with van der Waals surface area (Å²) >= 11 is 0. The van der Waals surface area contributed by atoms with Crippen molar-refractivity contribution in [2.24, 2.45) is 0 Å². The number of nitrogens with zero attached hydrogens (tertiary/aromatic N) is 1. The summed E-state index contributed by atoms with van der Waals surface area (Å²) in [5.41, 5.74) is 0.965. The number of halogens is 1.